The van der Waals surface area contributed by atoms with Crippen molar-refractivity contribution < 1.29 is 32.3 Å². The molecule has 0 aliphatic carbocycles. The largest absolute Gasteiger partial charge is 0.466 e. The Morgan fingerprint density at radius 2 is 1.79 bits per heavy atom. The molecule has 1 fully saturated rings. The number of nitrogens with one attached hydrogen (secondary N) is 1. The molecule has 2 aliphatic rings. The van der Waals surface area contributed by atoms with Crippen molar-refractivity contribution in [1.82, 2.24) is 9.21 Å². The zero-order chi connectivity index (χ0) is 30.6. The second-order valence-electron chi connectivity index (χ2n) is 10.6. The standard InChI is InChI=1S/C31H35N3O7S2/c1-3-41-30(36)23-10-7-16-34(19-23)43(38,39)24-13-11-22(12-14-24)28(35)32-29-27(31(37)40-2)25-15-17-33(20-26(25)42-29)18-21-8-5-4-6-9-21/h4-6,8-9,11-14,23H,3,7,10,15-20H2,1-2H3,(H,32,35). The number of sulfonamides is 1. The minimum Gasteiger partial charge on any atom is -0.466 e. The number of esters is 2. The predicted octanol–water partition coefficient (Wildman–Crippen LogP) is 4.31. The van der Waals surface area contributed by atoms with Crippen LogP contribution in [0.5, 0.6) is 0 Å². The summed E-state index contributed by atoms with van der Waals surface area (Å²) in [5.74, 6) is -1.86. The number of nitrogens with zero attached hydrogens (tertiary/aromatic N) is 2. The molecule has 228 valence electrons. The molecule has 5 rings (SSSR count). The van der Waals surface area contributed by atoms with E-state index in [0.29, 0.717) is 42.9 Å². The smallest absolute Gasteiger partial charge is 0.341 e. The minimum atomic E-state index is -3.87. The number of carbonyl (C=O) groups excluding carboxylic acids is 3. The van der Waals surface area contributed by atoms with Gasteiger partial charge < -0.3 is 14.8 Å². The summed E-state index contributed by atoms with van der Waals surface area (Å²) in [4.78, 5) is 41.6. The van der Waals surface area contributed by atoms with Gasteiger partial charge in [-0.25, -0.2) is 13.2 Å². The quantitative estimate of drug-likeness (QED) is 0.349. The van der Waals surface area contributed by atoms with Gasteiger partial charge in [0.1, 0.15) is 5.00 Å². The van der Waals surface area contributed by atoms with Crippen molar-refractivity contribution in [2.24, 2.45) is 5.92 Å². The average Bonchev–Trinajstić information content (AvgIpc) is 3.38. The number of fused-ring (bicyclic) bond motifs is 1. The highest BCUT2D eigenvalue weighted by atomic mass is 32.2. The van der Waals surface area contributed by atoms with E-state index >= 15 is 0 Å². The van der Waals surface area contributed by atoms with Gasteiger partial charge in [-0.2, -0.15) is 4.31 Å². The van der Waals surface area contributed by atoms with Crippen molar-refractivity contribution >= 4 is 44.2 Å². The molecule has 0 radical (unpaired) electrons. The van der Waals surface area contributed by atoms with Gasteiger partial charge >= 0.3 is 11.9 Å². The third kappa shape index (κ3) is 6.82. The highest BCUT2D eigenvalue weighted by Crippen LogP contribution is 2.38. The van der Waals surface area contributed by atoms with E-state index in [-0.39, 0.29) is 29.6 Å². The van der Waals surface area contributed by atoms with E-state index in [2.05, 4.69) is 22.3 Å². The van der Waals surface area contributed by atoms with Crippen molar-refractivity contribution in [1.29, 1.82) is 0 Å². The molecule has 3 aromatic rings. The van der Waals surface area contributed by atoms with Crippen LogP contribution in [0.25, 0.3) is 0 Å². The lowest BCUT2D eigenvalue weighted by atomic mass is 10.0. The van der Waals surface area contributed by atoms with Gasteiger partial charge in [0.2, 0.25) is 10.0 Å². The fourth-order valence-electron chi connectivity index (χ4n) is 5.55. The van der Waals surface area contributed by atoms with Crippen molar-refractivity contribution in [3.8, 4) is 0 Å². The zero-order valence-corrected chi connectivity index (χ0v) is 25.8. The fourth-order valence-corrected chi connectivity index (χ4v) is 8.35. The third-order valence-electron chi connectivity index (χ3n) is 7.76. The maximum absolute atomic E-state index is 13.3. The molecule has 10 nitrogen and oxygen atoms in total. The molecule has 2 aromatic carbocycles. The van der Waals surface area contributed by atoms with Crippen LogP contribution >= 0.6 is 11.3 Å². The van der Waals surface area contributed by atoms with Gasteiger partial charge in [-0.05, 0) is 61.6 Å². The van der Waals surface area contributed by atoms with Crippen LogP contribution in [-0.2, 0) is 43.8 Å². The summed E-state index contributed by atoms with van der Waals surface area (Å²) in [5, 5.41) is 3.28. The van der Waals surface area contributed by atoms with Crippen LogP contribution in [-0.4, -0.2) is 68.8 Å². The molecule has 0 bridgehead atoms. The van der Waals surface area contributed by atoms with E-state index in [9.17, 15) is 22.8 Å². The molecule has 2 aliphatic heterocycles. The molecule has 12 heteroatoms. The Kier molecular flexibility index (Phi) is 9.60. The van der Waals surface area contributed by atoms with Gasteiger partial charge in [-0.15, -0.1) is 11.3 Å². The minimum absolute atomic E-state index is 0.0360. The number of ether oxygens (including phenoxy) is 2. The molecule has 1 atom stereocenters. The molecular formula is C31H35N3O7S2. The maximum Gasteiger partial charge on any atom is 0.341 e. The Balaban J connectivity index is 1.30. The summed E-state index contributed by atoms with van der Waals surface area (Å²) in [5.41, 5.74) is 2.71. The van der Waals surface area contributed by atoms with Crippen LogP contribution in [0, 0.1) is 5.92 Å². The topological polar surface area (TPSA) is 122 Å². The first kappa shape index (κ1) is 30.9. The van der Waals surface area contributed by atoms with E-state index in [1.807, 2.05) is 18.2 Å². The molecule has 1 amide bonds. The molecular weight excluding hydrogens is 590 g/mol. The van der Waals surface area contributed by atoms with E-state index in [4.69, 9.17) is 9.47 Å². The molecule has 0 saturated carbocycles. The third-order valence-corrected chi connectivity index (χ3v) is 10.8. The lowest BCUT2D eigenvalue weighted by Gasteiger charge is -2.30. The van der Waals surface area contributed by atoms with Crippen molar-refractivity contribution in [2.45, 2.75) is 44.2 Å². The number of carbonyl (C=O) groups is 3. The zero-order valence-electron chi connectivity index (χ0n) is 24.2. The number of rotatable bonds is 9. The Labute approximate surface area is 255 Å². The first-order chi connectivity index (χ1) is 20.7. The summed E-state index contributed by atoms with van der Waals surface area (Å²) in [7, 11) is -2.55. The predicted molar refractivity (Wildman–Crippen MR) is 162 cm³/mol. The lowest BCUT2D eigenvalue weighted by molar-refractivity contribution is -0.149. The summed E-state index contributed by atoms with van der Waals surface area (Å²) in [6, 6.07) is 15.8. The number of anilines is 1. The van der Waals surface area contributed by atoms with E-state index < -0.39 is 27.8 Å². The molecule has 1 aromatic heterocycles. The SMILES string of the molecule is CCOC(=O)C1CCCN(S(=O)(=O)c2ccc(C(=O)Nc3sc4c(c3C(=O)OC)CCN(Cc3ccccc3)C4)cc2)C1. The fraction of sp³-hybridized carbons (Fsp3) is 0.387. The number of amides is 1. The Morgan fingerprint density at radius 1 is 1.05 bits per heavy atom. The first-order valence-corrected chi connectivity index (χ1v) is 16.5. The van der Waals surface area contributed by atoms with Gasteiger partial charge in [0, 0.05) is 43.2 Å². The average molecular weight is 626 g/mol. The number of hydrogen-bond acceptors (Lipinski definition) is 9. The monoisotopic (exact) mass is 625 g/mol. The first-order valence-electron chi connectivity index (χ1n) is 14.3. The molecule has 1 saturated heterocycles. The Bertz CT molecular complexity index is 1590. The van der Waals surface area contributed by atoms with Crippen molar-refractivity contribution in [3.63, 3.8) is 0 Å². The number of hydrogen-bond donors (Lipinski definition) is 1. The summed E-state index contributed by atoms with van der Waals surface area (Å²) in [6.45, 7) is 4.53. The molecule has 1 N–H and O–H groups in total. The number of benzene rings is 2. The number of thiophene rings is 1. The van der Waals surface area contributed by atoms with Gasteiger partial charge in [-0.1, -0.05) is 30.3 Å². The highest BCUT2D eigenvalue weighted by Gasteiger charge is 2.34. The van der Waals surface area contributed by atoms with Gasteiger partial charge in [-0.3, -0.25) is 14.5 Å². The Hall–Kier alpha value is -3.58. The van der Waals surface area contributed by atoms with Crippen molar-refractivity contribution in [3.05, 3.63) is 81.7 Å². The number of methoxy groups -OCH3 is 1. The Morgan fingerprint density at radius 3 is 2.49 bits per heavy atom. The van der Waals surface area contributed by atoms with E-state index in [1.54, 1.807) is 6.92 Å². The lowest BCUT2D eigenvalue weighted by Crippen LogP contribution is -2.42. The van der Waals surface area contributed by atoms with Gasteiger partial charge in [0.25, 0.3) is 5.91 Å². The summed E-state index contributed by atoms with van der Waals surface area (Å²) >= 11 is 1.36. The molecule has 0 spiro atoms. The van der Waals surface area contributed by atoms with Crippen LogP contribution in [0.1, 0.15) is 56.5 Å². The van der Waals surface area contributed by atoms with Crippen LogP contribution < -0.4 is 5.32 Å². The van der Waals surface area contributed by atoms with E-state index in [0.717, 1.165) is 23.5 Å². The van der Waals surface area contributed by atoms with Gasteiger partial charge in [0.15, 0.2) is 0 Å². The van der Waals surface area contributed by atoms with Crippen molar-refractivity contribution in [2.75, 3.05) is 38.7 Å². The normalized spacial score (nSPS) is 17.6. The van der Waals surface area contributed by atoms with Crippen LogP contribution in [0.3, 0.4) is 0 Å². The molecule has 1 unspecified atom stereocenters. The molecule has 3 heterocycles. The van der Waals surface area contributed by atoms with Crippen LogP contribution in [0.2, 0.25) is 0 Å². The van der Waals surface area contributed by atoms with Crippen LogP contribution in [0.15, 0.2) is 59.5 Å². The second kappa shape index (κ2) is 13.4. The highest BCUT2D eigenvalue weighted by molar-refractivity contribution is 7.89. The van der Waals surface area contributed by atoms with Crippen LogP contribution in [0.4, 0.5) is 5.00 Å². The summed E-state index contributed by atoms with van der Waals surface area (Å²) < 4.78 is 38.1. The second-order valence-corrected chi connectivity index (χ2v) is 13.6. The maximum atomic E-state index is 13.3. The van der Waals surface area contributed by atoms with Gasteiger partial charge in [0.05, 0.1) is 30.1 Å². The summed E-state index contributed by atoms with van der Waals surface area (Å²) in [6.07, 6.45) is 1.79. The number of piperidine rings is 1. The molecule has 43 heavy (non-hydrogen) atoms. The van der Waals surface area contributed by atoms with E-state index in [1.165, 1.54) is 52.6 Å².